The van der Waals surface area contributed by atoms with Crippen LogP contribution in [0.4, 0.5) is 5.69 Å². The minimum Gasteiger partial charge on any atom is -0.478 e. The molecule has 0 spiro atoms. The summed E-state index contributed by atoms with van der Waals surface area (Å²) in [5.74, 6) is -1.58. The second-order valence-corrected chi connectivity index (χ2v) is 10.1. The third-order valence-electron chi connectivity index (χ3n) is 5.55. The van der Waals surface area contributed by atoms with E-state index in [9.17, 15) is 18.0 Å². The van der Waals surface area contributed by atoms with Gasteiger partial charge in [0.1, 0.15) is 4.90 Å². The normalized spacial score (nSPS) is 15.1. The average Bonchev–Trinajstić information content (AvgIpc) is 3.13. The standard InChI is InChI=1S/C24H22ClN3O5S/c1-15-11-17-6-2-3-8-21(17)28(15)27-23(29)18-9-10-20(25)22(13-18)34(32,33)26-14-16-5-4-7-19(12-16)24(30)31/h2-10,12-13,15,26H,11,14H2,1H3,(H,27,29)(H,30,31). The number of carboxylic acid groups (broad SMARTS) is 1. The molecule has 0 fully saturated rings. The maximum absolute atomic E-state index is 13.0. The van der Waals surface area contributed by atoms with Crippen LogP contribution in [-0.2, 0) is 23.0 Å². The van der Waals surface area contributed by atoms with E-state index in [0.717, 1.165) is 17.7 Å². The van der Waals surface area contributed by atoms with Crippen molar-refractivity contribution in [3.05, 3.63) is 94.0 Å². The second-order valence-electron chi connectivity index (χ2n) is 7.97. The van der Waals surface area contributed by atoms with E-state index >= 15 is 0 Å². The predicted octanol–water partition coefficient (Wildman–Crippen LogP) is 3.61. The second kappa shape index (κ2) is 9.46. The van der Waals surface area contributed by atoms with Crippen LogP contribution >= 0.6 is 11.6 Å². The molecule has 10 heteroatoms. The average molecular weight is 500 g/mol. The first kappa shape index (κ1) is 23.7. The zero-order chi connectivity index (χ0) is 24.5. The molecule has 1 unspecified atom stereocenters. The summed E-state index contributed by atoms with van der Waals surface area (Å²) < 4.78 is 28.3. The third kappa shape index (κ3) is 4.91. The van der Waals surface area contributed by atoms with Gasteiger partial charge < -0.3 is 5.11 Å². The van der Waals surface area contributed by atoms with Gasteiger partial charge in [-0.15, -0.1) is 0 Å². The lowest BCUT2D eigenvalue weighted by atomic mass is 10.1. The number of carbonyl (C=O) groups is 2. The summed E-state index contributed by atoms with van der Waals surface area (Å²) in [6.07, 6.45) is 0.781. The van der Waals surface area contributed by atoms with Crippen molar-refractivity contribution in [1.29, 1.82) is 0 Å². The number of fused-ring (bicyclic) bond motifs is 1. The van der Waals surface area contributed by atoms with Gasteiger partial charge in [-0.05, 0) is 60.9 Å². The smallest absolute Gasteiger partial charge is 0.335 e. The largest absolute Gasteiger partial charge is 0.478 e. The summed E-state index contributed by atoms with van der Waals surface area (Å²) in [7, 11) is -4.09. The summed E-state index contributed by atoms with van der Waals surface area (Å²) in [5.41, 5.74) is 5.52. The molecule has 3 N–H and O–H groups in total. The monoisotopic (exact) mass is 499 g/mol. The number of halogens is 1. The summed E-state index contributed by atoms with van der Waals surface area (Å²) >= 11 is 6.16. The highest BCUT2D eigenvalue weighted by Gasteiger charge is 2.28. The molecule has 0 saturated carbocycles. The lowest BCUT2D eigenvalue weighted by Gasteiger charge is -2.25. The minimum atomic E-state index is -4.09. The Kier molecular flexibility index (Phi) is 6.60. The first-order valence-electron chi connectivity index (χ1n) is 10.5. The van der Waals surface area contributed by atoms with E-state index in [0.29, 0.717) is 5.56 Å². The maximum Gasteiger partial charge on any atom is 0.335 e. The fourth-order valence-corrected chi connectivity index (χ4v) is 5.37. The number of hydrogen-bond acceptors (Lipinski definition) is 5. The summed E-state index contributed by atoms with van der Waals surface area (Å²) in [6, 6.07) is 17.8. The Balaban J connectivity index is 1.53. The number of nitrogens with zero attached hydrogens (tertiary/aromatic N) is 1. The van der Waals surface area contributed by atoms with Gasteiger partial charge in [-0.25, -0.2) is 17.9 Å². The lowest BCUT2D eigenvalue weighted by molar-refractivity contribution is 0.0696. The Morgan fingerprint density at radius 1 is 1.06 bits per heavy atom. The number of aromatic carboxylic acids is 1. The molecule has 1 atom stereocenters. The molecule has 0 saturated heterocycles. The molecule has 3 aromatic carbocycles. The number of hydrogen-bond donors (Lipinski definition) is 3. The van der Waals surface area contributed by atoms with Crippen molar-refractivity contribution < 1.29 is 23.1 Å². The molecule has 1 heterocycles. The first-order chi connectivity index (χ1) is 16.2. The molecule has 0 aliphatic carbocycles. The van der Waals surface area contributed by atoms with Crippen LogP contribution in [0.3, 0.4) is 0 Å². The van der Waals surface area contributed by atoms with Crippen LogP contribution in [0.5, 0.6) is 0 Å². The van der Waals surface area contributed by atoms with Crippen molar-refractivity contribution in [2.24, 2.45) is 0 Å². The highest BCUT2D eigenvalue weighted by atomic mass is 35.5. The third-order valence-corrected chi connectivity index (χ3v) is 7.44. The predicted molar refractivity (Wildman–Crippen MR) is 128 cm³/mol. The summed E-state index contributed by atoms with van der Waals surface area (Å²) in [5, 5.41) is 10.8. The topological polar surface area (TPSA) is 116 Å². The van der Waals surface area contributed by atoms with E-state index in [1.807, 2.05) is 31.2 Å². The number of anilines is 1. The highest BCUT2D eigenvalue weighted by Crippen LogP contribution is 2.30. The molecular formula is C24H22ClN3O5S. The molecule has 34 heavy (non-hydrogen) atoms. The number of para-hydroxylation sites is 1. The van der Waals surface area contributed by atoms with Crippen molar-refractivity contribution in [2.75, 3.05) is 5.01 Å². The number of benzene rings is 3. The van der Waals surface area contributed by atoms with E-state index < -0.39 is 21.9 Å². The van der Waals surface area contributed by atoms with Gasteiger partial charge >= 0.3 is 5.97 Å². The molecule has 1 aliphatic heterocycles. The van der Waals surface area contributed by atoms with Crippen molar-refractivity contribution in [1.82, 2.24) is 10.1 Å². The molecule has 0 aromatic heterocycles. The van der Waals surface area contributed by atoms with Gasteiger partial charge in [0.25, 0.3) is 5.91 Å². The highest BCUT2D eigenvalue weighted by molar-refractivity contribution is 7.89. The molecule has 1 aliphatic rings. The van der Waals surface area contributed by atoms with Crippen LogP contribution in [0.2, 0.25) is 5.02 Å². The Morgan fingerprint density at radius 3 is 2.59 bits per heavy atom. The van der Waals surface area contributed by atoms with E-state index in [-0.39, 0.29) is 33.6 Å². The van der Waals surface area contributed by atoms with E-state index in [1.165, 1.54) is 36.4 Å². The number of carboxylic acids is 1. The Labute approximate surface area is 202 Å². The van der Waals surface area contributed by atoms with Crippen molar-refractivity contribution in [2.45, 2.75) is 30.8 Å². The van der Waals surface area contributed by atoms with E-state index in [1.54, 1.807) is 11.1 Å². The van der Waals surface area contributed by atoms with Crippen LogP contribution in [0.1, 0.15) is 38.8 Å². The Hall–Kier alpha value is -3.40. The molecule has 0 radical (unpaired) electrons. The summed E-state index contributed by atoms with van der Waals surface area (Å²) in [6.45, 7) is 1.85. The van der Waals surface area contributed by atoms with Gasteiger partial charge in [0.05, 0.1) is 22.3 Å². The van der Waals surface area contributed by atoms with Crippen molar-refractivity contribution >= 4 is 39.2 Å². The number of hydrazine groups is 1. The quantitative estimate of drug-likeness (QED) is 0.457. The number of carbonyl (C=O) groups excluding carboxylic acids is 1. The number of nitrogens with one attached hydrogen (secondary N) is 2. The van der Waals surface area contributed by atoms with E-state index in [4.69, 9.17) is 16.7 Å². The molecule has 3 aromatic rings. The van der Waals surface area contributed by atoms with Gasteiger partial charge in [0, 0.05) is 12.1 Å². The molecular weight excluding hydrogens is 478 g/mol. The Morgan fingerprint density at radius 2 is 1.82 bits per heavy atom. The molecule has 1 amide bonds. The molecule has 0 bridgehead atoms. The minimum absolute atomic E-state index is 0.0387. The van der Waals surface area contributed by atoms with Crippen LogP contribution < -0.4 is 15.2 Å². The fourth-order valence-electron chi connectivity index (χ4n) is 3.83. The molecule has 176 valence electrons. The van der Waals surface area contributed by atoms with Crippen LogP contribution in [-0.4, -0.2) is 31.4 Å². The zero-order valence-electron chi connectivity index (χ0n) is 18.2. The first-order valence-corrected chi connectivity index (χ1v) is 12.3. The van der Waals surface area contributed by atoms with E-state index in [2.05, 4.69) is 10.1 Å². The SMILES string of the molecule is CC1Cc2ccccc2N1NC(=O)c1ccc(Cl)c(S(=O)(=O)NCc2cccc(C(=O)O)c2)c1. The van der Waals surface area contributed by atoms with Gasteiger partial charge in [-0.3, -0.25) is 15.2 Å². The molecule has 8 nitrogen and oxygen atoms in total. The van der Waals surface area contributed by atoms with Crippen LogP contribution in [0.15, 0.2) is 71.6 Å². The van der Waals surface area contributed by atoms with Gasteiger partial charge in [0.15, 0.2) is 0 Å². The van der Waals surface area contributed by atoms with Gasteiger partial charge in [-0.2, -0.15) is 0 Å². The number of amides is 1. The van der Waals surface area contributed by atoms with Crippen molar-refractivity contribution in [3.63, 3.8) is 0 Å². The molecule has 4 rings (SSSR count). The number of sulfonamides is 1. The van der Waals surface area contributed by atoms with Crippen molar-refractivity contribution in [3.8, 4) is 0 Å². The van der Waals surface area contributed by atoms with Crippen LogP contribution in [0, 0.1) is 0 Å². The van der Waals surface area contributed by atoms with Gasteiger partial charge in [0.2, 0.25) is 10.0 Å². The number of rotatable bonds is 7. The van der Waals surface area contributed by atoms with Crippen LogP contribution in [0.25, 0.3) is 0 Å². The Bertz CT molecular complexity index is 1380. The van der Waals surface area contributed by atoms with Gasteiger partial charge in [-0.1, -0.05) is 41.9 Å². The maximum atomic E-state index is 13.0. The summed E-state index contributed by atoms with van der Waals surface area (Å²) in [4.78, 5) is 23.9. The fraction of sp³-hybridized carbons (Fsp3) is 0.167. The zero-order valence-corrected chi connectivity index (χ0v) is 19.7. The lowest BCUT2D eigenvalue weighted by Crippen LogP contribution is -2.45.